The Kier molecular flexibility index (Phi) is 4.56. The van der Waals surface area contributed by atoms with E-state index in [0.29, 0.717) is 0 Å². The average molecular weight is 328 g/mol. The van der Waals surface area contributed by atoms with Gasteiger partial charge in [-0.25, -0.2) is 0 Å². The average Bonchev–Trinajstić information content (AvgIpc) is 2.69. The summed E-state index contributed by atoms with van der Waals surface area (Å²) in [6, 6.07) is 18.0. The summed E-state index contributed by atoms with van der Waals surface area (Å²) in [6.07, 6.45) is 11.3. The molecule has 1 heterocycles. The van der Waals surface area contributed by atoms with Crippen LogP contribution in [-0.2, 0) is 17.6 Å². The second-order valence-corrected chi connectivity index (χ2v) is 7.02. The zero-order chi connectivity index (χ0) is 17.1. The standard InChI is InChI=1S/C19H18.C5H6O/c1-13-6-7-15-9-10-17-16-5-3-2-4-14(16)8-11-18(17)19(15)12-13;1-2-4-6-5-3-1/h2-5,8-11,13H,6-7,12H2,1H3;1-4H,5H2. The van der Waals surface area contributed by atoms with E-state index < -0.39 is 0 Å². The van der Waals surface area contributed by atoms with Crippen molar-refractivity contribution in [3.05, 3.63) is 84.1 Å². The SMILES string of the molecule is C1=CCOC=C1.CC1CCc2ccc3c(ccc4ccccc43)c2C1. The summed E-state index contributed by atoms with van der Waals surface area (Å²) in [7, 11) is 0. The van der Waals surface area contributed by atoms with Gasteiger partial charge in [0.1, 0.15) is 6.61 Å². The summed E-state index contributed by atoms with van der Waals surface area (Å²) < 4.78 is 4.80. The Morgan fingerprint density at radius 2 is 1.76 bits per heavy atom. The molecule has 1 heteroatoms. The van der Waals surface area contributed by atoms with Gasteiger partial charge >= 0.3 is 0 Å². The van der Waals surface area contributed by atoms with Gasteiger partial charge in [-0.15, -0.1) is 0 Å². The molecule has 126 valence electrons. The lowest BCUT2D eigenvalue weighted by Crippen LogP contribution is -2.11. The Hall–Kier alpha value is -2.54. The van der Waals surface area contributed by atoms with Crippen LogP contribution in [0.5, 0.6) is 0 Å². The Labute approximate surface area is 149 Å². The van der Waals surface area contributed by atoms with Crippen molar-refractivity contribution in [3.8, 4) is 0 Å². The first-order chi connectivity index (χ1) is 12.3. The second-order valence-electron chi connectivity index (χ2n) is 7.02. The molecule has 3 aromatic rings. The molecular formula is C24H24O. The van der Waals surface area contributed by atoms with Gasteiger partial charge in [0.05, 0.1) is 6.26 Å². The van der Waals surface area contributed by atoms with Crippen molar-refractivity contribution >= 4 is 21.5 Å². The van der Waals surface area contributed by atoms with Crippen molar-refractivity contribution in [1.29, 1.82) is 0 Å². The van der Waals surface area contributed by atoms with Crippen LogP contribution in [0.1, 0.15) is 24.5 Å². The van der Waals surface area contributed by atoms with E-state index in [1.54, 1.807) is 17.4 Å². The van der Waals surface area contributed by atoms with Gasteiger partial charge in [0.2, 0.25) is 0 Å². The quantitative estimate of drug-likeness (QED) is 0.446. The Morgan fingerprint density at radius 1 is 0.880 bits per heavy atom. The lowest BCUT2D eigenvalue weighted by molar-refractivity contribution is 0.286. The van der Waals surface area contributed by atoms with Crippen LogP contribution in [0.15, 0.2) is 73.0 Å². The van der Waals surface area contributed by atoms with Crippen LogP contribution in [-0.4, -0.2) is 6.61 Å². The fourth-order valence-corrected chi connectivity index (χ4v) is 3.87. The number of allylic oxidation sites excluding steroid dienone is 2. The molecular weight excluding hydrogens is 304 g/mol. The van der Waals surface area contributed by atoms with Gasteiger partial charge < -0.3 is 4.74 Å². The summed E-state index contributed by atoms with van der Waals surface area (Å²) in [5, 5.41) is 5.63. The van der Waals surface area contributed by atoms with Crippen molar-refractivity contribution in [1.82, 2.24) is 0 Å². The highest BCUT2D eigenvalue weighted by atomic mass is 16.5. The zero-order valence-corrected chi connectivity index (χ0v) is 14.7. The lowest BCUT2D eigenvalue weighted by Gasteiger charge is -2.23. The third kappa shape index (κ3) is 3.32. The summed E-state index contributed by atoms with van der Waals surface area (Å²) in [4.78, 5) is 0. The van der Waals surface area contributed by atoms with Crippen LogP contribution >= 0.6 is 0 Å². The molecule has 0 saturated heterocycles. The predicted molar refractivity (Wildman–Crippen MR) is 107 cm³/mol. The van der Waals surface area contributed by atoms with Gasteiger partial charge in [-0.3, -0.25) is 0 Å². The number of rotatable bonds is 0. The monoisotopic (exact) mass is 328 g/mol. The lowest BCUT2D eigenvalue weighted by atomic mass is 9.82. The van der Waals surface area contributed by atoms with Gasteiger partial charge in [0.15, 0.2) is 0 Å². The molecule has 1 atom stereocenters. The maximum Gasteiger partial charge on any atom is 0.106 e. The molecule has 0 fully saturated rings. The molecule has 2 aliphatic rings. The first-order valence-corrected chi connectivity index (χ1v) is 9.18. The molecule has 0 amide bonds. The first-order valence-electron chi connectivity index (χ1n) is 9.18. The highest BCUT2D eigenvalue weighted by Gasteiger charge is 2.17. The second kappa shape index (κ2) is 7.14. The summed E-state index contributed by atoms with van der Waals surface area (Å²) in [5.41, 5.74) is 3.17. The first kappa shape index (κ1) is 16.0. The molecule has 0 aromatic heterocycles. The maximum atomic E-state index is 4.80. The van der Waals surface area contributed by atoms with Crippen molar-refractivity contribution in [2.45, 2.75) is 26.2 Å². The van der Waals surface area contributed by atoms with Crippen LogP contribution in [0.25, 0.3) is 21.5 Å². The molecule has 3 aromatic carbocycles. The number of hydrogen-bond donors (Lipinski definition) is 0. The molecule has 25 heavy (non-hydrogen) atoms. The minimum atomic E-state index is 0.733. The van der Waals surface area contributed by atoms with E-state index in [1.165, 1.54) is 40.8 Å². The van der Waals surface area contributed by atoms with Gasteiger partial charge in [0.25, 0.3) is 0 Å². The third-order valence-corrected chi connectivity index (χ3v) is 5.21. The molecule has 1 aliphatic carbocycles. The van der Waals surface area contributed by atoms with E-state index >= 15 is 0 Å². The van der Waals surface area contributed by atoms with Crippen molar-refractivity contribution in [3.63, 3.8) is 0 Å². The van der Waals surface area contributed by atoms with Gasteiger partial charge in [-0.2, -0.15) is 0 Å². The van der Waals surface area contributed by atoms with E-state index in [2.05, 4.69) is 55.5 Å². The molecule has 0 bridgehead atoms. The molecule has 0 N–H and O–H groups in total. The highest BCUT2D eigenvalue weighted by Crippen LogP contribution is 2.34. The number of hydrogen-bond acceptors (Lipinski definition) is 1. The molecule has 1 nitrogen and oxygen atoms in total. The van der Waals surface area contributed by atoms with E-state index in [1.807, 2.05) is 18.2 Å². The van der Waals surface area contributed by atoms with Crippen LogP contribution in [0.2, 0.25) is 0 Å². The molecule has 0 spiro atoms. The minimum absolute atomic E-state index is 0.733. The highest BCUT2D eigenvalue weighted by molar-refractivity contribution is 6.08. The van der Waals surface area contributed by atoms with Crippen molar-refractivity contribution < 1.29 is 4.74 Å². The van der Waals surface area contributed by atoms with E-state index in [-0.39, 0.29) is 0 Å². The van der Waals surface area contributed by atoms with Crippen molar-refractivity contribution in [2.24, 2.45) is 5.92 Å². The summed E-state index contributed by atoms with van der Waals surface area (Å²) in [5.74, 6) is 0.824. The van der Waals surface area contributed by atoms with Crippen molar-refractivity contribution in [2.75, 3.05) is 6.61 Å². The zero-order valence-electron chi connectivity index (χ0n) is 14.7. The summed E-state index contributed by atoms with van der Waals surface area (Å²) in [6.45, 7) is 3.11. The van der Waals surface area contributed by atoms with E-state index in [9.17, 15) is 0 Å². The largest absolute Gasteiger partial charge is 0.497 e. The Bertz CT molecular complexity index is 937. The minimum Gasteiger partial charge on any atom is -0.497 e. The van der Waals surface area contributed by atoms with E-state index in [0.717, 1.165) is 12.5 Å². The number of benzene rings is 3. The number of fused-ring (bicyclic) bond motifs is 5. The fourth-order valence-electron chi connectivity index (χ4n) is 3.87. The molecule has 5 rings (SSSR count). The van der Waals surface area contributed by atoms with Crippen LogP contribution in [0.3, 0.4) is 0 Å². The molecule has 1 aliphatic heterocycles. The topological polar surface area (TPSA) is 9.23 Å². The third-order valence-electron chi connectivity index (χ3n) is 5.21. The van der Waals surface area contributed by atoms with Gasteiger partial charge in [0, 0.05) is 0 Å². The smallest absolute Gasteiger partial charge is 0.106 e. The summed E-state index contributed by atoms with van der Waals surface area (Å²) >= 11 is 0. The van der Waals surface area contributed by atoms with Crippen LogP contribution < -0.4 is 0 Å². The Morgan fingerprint density at radius 3 is 2.52 bits per heavy atom. The Balaban J connectivity index is 0.000000223. The van der Waals surface area contributed by atoms with Crippen LogP contribution in [0.4, 0.5) is 0 Å². The number of ether oxygens (including phenoxy) is 1. The number of aryl methyl sites for hydroxylation is 1. The molecule has 1 unspecified atom stereocenters. The maximum absolute atomic E-state index is 4.80. The fraction of sp³-hybridized carbons (Fsp3) is 0.250. The predicted octanol–water partition coefficient (Wildman–Crippen LogP) is 6.20. The van der Waals surface area contributed by atoms with Gasteiger partial charge in [-0.05, 0) is 70.0 Å². The molecule has 0 saturated carbocycles. The van der Waals surface area contributed by atoms with Crippen LogP contribution in [0, 0.1) is 5.92 Å². The molecule has 0 radical (unpaired) electrons. The van der Waals surface area contributed by atoms with E-state index in [4.69, 9.17) is 4.74 Å². The van der Waals surface area contributed by atoms with Gasteiger partial charge in [-0.1, -0.05) is 61.5 Å². The normalized spacial score (nSPS) is 18.4.